The third-order valence-corrected chi connectivity index (χ3v) is 5.59. The highest BCUT2D eigenvalue weighted by molar-refractivity contribution is 7.89. The van der Waals surface area contributed by atoms with Crippen LogP contribution in [0.2, 0.25) is 5.02 Å². The number of benzene rings is 1. The highest BCUT2D eigenvalue weighted by Crippen LogP contribution is 2.22. The topological polar surface area (TPSA) is 59.1 Å². The molecule has 0 spiro atoms. The molecule has 0 unspecified atom stereocenters. The van der Waals surface area contributed by atoms with Crippen molar-refractivity contribution < 1.29 is 8.42 Å². The van der Waals surface area contributed by atoms with E-state index in [9.17, 15) is 8.42 Å². The number of pyridine rings is 1. The second kappa shape index (κ2) is 6.80. The van der Waals surface area contributed by atoms with Crippen molar-refractivity contribution in [2.75, 3.05) is 0 Å². The Hall–Kier alpha value is -1.73. The summed E-state index contributed by atoms with van der Waals surface area (Å²) in [6.45, 7) is 0.177. The number of nitrogens with one attached hydrogen (secondary N) is 1. The number of thiophene rings is 1. The van der Waals surface area contributed by atoms with E-state index in [2.05, 4.69) is 9.71 Å². The minimum atomic E-state index is -3.58. The molecule has 0 atom stereocenters. The molecule has 23 heavy (non-hydrogen) atoms. The molecule has 2 heterocycles. The van der Waals surface area contributed by atoms with Crippen LogP contribution in [0.15, 0.2) is 64.4 Å². The lowest BCUT2D eigenvalue weighted by atomic mass is 10.1. The fraction of sp³-hybridized carbons (Fsp3) is 0.0625. The lowest BCUT2D eigenvalue weighted by Crippen LogP contribution is -2.23. The maximum atomic E-state index is 12.3. The first-order chi connectivity index (χ1) is 11.0. The average molecular weight is 365 g/mol. The van der Waals surface area contributed by atoms with E-state index in [1.807, 2.05) is 22.9 Å². The van der Waals surface area contributed by atoms with Crippen molar-refractivity contribution >= 4 is 33.0 Å². The van der Waals surface area contributed by atoms with Crippen molar-refractivity contribution in [3.8, 4) is 11.1 Å². The Labute approximate surface area is 143 Å². The largest absolute Gasteiger partial charge is 0.264 e. The van der Waals surface area contributed by atoms with Gasteiger partial charge >= 0.3 is 0 Å². The molecule has 0 aliphatic rings. The molecule has 0 amide bonds. The summed E-state index contributed by atoms with van der Waals surface area (Å²) in [5.41, 5.74) is 2.84. The summed E-state index contributed by atoms with van der Waals surface area (Å²) in [6.07, 6.45) is 3.42. The summed E-state index contributed by atoms with van der Waals surface area (Å²) in [4.78, 5) is 4.36. The number of hydrogen-bond acceptors (Lipinski definition) is 4. The molecular weight excluding hydrogens is 352 g/mol. The quantitative estimate of drug-likeness (QED) is 0.745. The predicted octanol–water partition coefficient (Wildman–Crippen LogP) is 3.94. The number of hydrogen-bond donors (Lipinski definition) is 1. The maximum Gasteiger partial charge on any atom is 0.240 e. The number of aromatic nitrogens is 1. The molecule has 0 radical (unpaired) electrons. The van der Waals surface area contributed by atoms with Gasteiger partial charge in [-0.3, -0.25) is 4.98 Å². The Kier molecular flexibility index (Phi) is 4.77. The van der Waals surface area contributed by atoms with Gasteiger partial charge in [0.15, 0.2) is 0 Å². The average Bonchev–Trinajstić information content (AvgIpc) is 3.08. The Morgan fingerprint density at radius 2 is 1.87 bits per heavy atom. The molecule has 3 aromatic rings. The lowest BCUT2D eigenvalue weighted by molar-refractivity contribution is 0.581. The Morgan fingerprint density at radius 1 is 1.09 bits per heavy atom. The predicted molar refractivity (Wildman–Crippen MR) is 93.0 cm³/mol. The van der Waals surface area contributed by atoms with Crippen molar-refractivity contribution in [3.05, 3.63) is 70.1 Å². The molecule has 0 fully saturated rings. The van der Waals surface area contributed by atoms with E-state index in [-0.39, 0.29) is 11.4 Å². The van der Waals surface area contributed by atoms with Crippen LogP contribution in [0.25, 0.3) is 11.1 Å². The molecule has 2 aromatic heterocycles. The van der Waals surface area contributed by atoms with Gasteiger partial charge in [-0.2, -0.15) is 11.3 Å². The third kappa shape index (κ3) is 3.97. The summed E-state index contributed by atoms with van der Waals surface area (Å²) in [7, 11) is -3.58. The molecule has 1 N–H and O–H groups in total. The van der Waals surface area contributed by atoms with Gasteiger partial charge < -0.3 is 0 Å². The van der Waals surface area contributed by atoms with Crippen LogP contribution < -0.4 is 4.72 Å². The van der Waals surface area contributed by atoms with Gasteiger partial charge in [0, 0.05) is 29.5 Å². The van der Waals surface area contributed by atoms with E-state index < -0.39 is 10.0 Å². The molecule has 0 bridgehead atoms. The zero-order valence-corrected chi connectivity index (χ0v) is 14.3. The summed E-state index contributed by atoms with van der Waals surface area (Å²) in [6, 6.07) is 9.99. The first-order valence-electron chi connectivity index (χ1n) is 6.76. The normalized spacial score (nSPS) is 11.5. The molecular formula is C16H13ClN2O2S2. The zero-order chi connectivity index (χ0) is 16.3. The molecule has 4 nitrogen and oxygen atoms in total. The second-order valence-electron chi connectivity index (χ2n) is 4.87. The summed E-state index contributed by atoms with van der Waals surface area (Å²) < 4.78 is 27.1. The smallest absolute Gasteiger partial charge is 0.240 e. The third-order valence-electron chi connectivity index (χ3n) is 3.24. The number of sulfonamides is 1. The van der Waals surface area contributed by atoms with Gasteiger partial charge in [-0.15, -0.1) is 0 Å². The van der Waals surface area contributed by atoms with Gasteiger partial charge in [-0.1, -0.05) is 11.6 Å². The van der Waals surface area contributed by atoms with Crippen molar-refractivity contribution in [2.24, 2.45) is 0 Å². The van der Waals surface area contributed by atoms with E-state index in [0.29, 0.717) is 5.02 Å². The van der Waals surface area contributed by atoms with E-state index >= 15 is 0 Å². The fourth-order valence-corrected chi connectivity index (χ4v) is 3.86. The molecule has 0 aliphatic heterocycles. The number of nitrogens with zero attached hydrogens (tertiary/aromatic N) is 1. The SMILES string of the molecule is O=S(=O)(NCc1cncc(-c2ccsc2)c1)c1ccc(Cl)cc1. The number of rotatable bonds is 5. The fourth-order valence-electron chi connectivity index (χ4n) is 2.05. The van der Waals surface area contributed by atoms with E-state index in [1.165, 1.54) is 12.1 Å². The maximum absolute atomic E-state index is 12.3. The summed E-state index contributed by atoms with van der Waals surface area (Å²) >= 11 is 7.38. The highest BCUT2D eigenvalue weighted by Gasteiger charge is 2.13. The van der Waals surface area contributed by atoms with Crippen LogP contribution in [0.4, 0.5) is 0 Å². The van der Waals surface area contributed by atoms with Gasteiger partial charge in [-0.25, -0.2) is 13.1 Å². The second-order valence-corrected chi connectivity index (χ2v) is 7.86. The highest BCUT2D eigenvalue weighted by atomic mass is 35.5. The minimum absolute atomic E-state index is 0.177. The van der Waals surface area contributed by atoms with Crippen molar-refractivity contribution in [1.82, 2.24) is 9.71 Å². The van der Waals surface area contributed by atoms with Crippen LogP contribution in [-0.2, 0) is 16.6 Å². The first kappa shape index (κ1) is 16.1. The summed E-state index contributed by atoms with van der Waals surface area (Å²) in [5, 5.41) is 4.51. The van der Waals surface area contributed by atoms with Crippen LogP contribution in [0.5, 0.6) is 0 Å². The Morgan fingerprint density at radius 3 is 2.57 bits per heavy atom. The van der Waals surface area contributed by atoms with Crippen LogP contribution in [0.1, 0.15) is 5.56 Å². The molecule has 118 valence electrons. The Balaban J connectivity index is 1.75. The van der Waals surface area contributed by atoms with E-state index in [1.54, 1.807) is 35.9 Å². The number of halogens is 1. The standard InChI is InChI=1S/C16H13ClN2O2S2/c17-15-1-3-16(4-2-15)23(20,21)19-9-12-7-14(10-18-8-12)13-5-6-22-11-13/h1-8,10-11,19H,9H2. The first-order valence-corrected chi connectivity index (χ1v) is 9.57. The van der Waals surface area contributed by atoms with Crippen molar-refractivity contribution in [3.63, 3.8) is 0 Å². The van der Waals surface area contributed by atoms with Gasteiger partial charge in [0.1, 0.15) is 0 Å². The van der Waals surface area contributed by atoms with Gasteiger partial charge in [-0.05, 0) is 58.3 Å². The Bertz CT molecular complexity index is 892. The van der Waals surface area contributed by atoms with Crippen molar-refractivity contribution in [2.45, 2.75) is 11.4 Å². The molecule has 0 saturated carbocycles. The van der Waals surface area contributed by atoms with Gasteiger partial charge in [0.2, 0.25) is 10.0 Å². The minimum Gasteiger partial charge on any atom is -0.264 e. The molecule has 0 saturated heterocycles. The zero-order valence-electron chi connectivity index (χ0n) is 11.9. The molecule has 7 heteroatoms. The van der Waals surface area contributed by atoms with Gasteiger partial charge in [0.25, 0.3) is 0 Å². The van der Waals surface area contributed by atoms with E-state index in [4.69, 9.17) is 11.6 Å². The molecule has 3 rings (SSSR count). The molecule has 1 aromatic carbocycles. The monoisotopic (exact) mass is 364 g/mol. The van der Waals surface area contributed by atoms with Crippen LogP contribution >= 0.6 is 22.9 Å². The van der Waals surface area contributed by atoms with Crippen LogP contribution in [0.3, 0.4) is 0 Å². The van der Waals surface area contributed by atoms with Gasteiger partial charge in [0.05, 0.1) is 4.90 Å². The van der Waals surface area contributed by atoms with Crippen LogP contribution in [0, 0.1) is 0 Å². The summed E-state index contributed by atoms with van der Waals surface area (Å²) in [5.74, 6) is 0. The molecule has 0 aliphatic carbocycles. The lowest BCUT2D eigenvalue weighted by Gasteiger charge is -2.08. The van der Waals surface area contributed by atoms with E-state index in [0.717, 1.165) is 16.7 Å². The van der Waals surface area contributed by atoms with Crippen LogP contribution in [-0.4, -0.2) is 13.4 Å². The van der Waals surface area contributed by atoms with Crippen molar-refractivity contribution in [1.29, 1.82) is 0 Å².